The Morgan fingerprint density at radius 2 is 1.77 bits per heavy atom. The molecule has 35 heavy (non-hydrogen) atoms. The molecule has 7 nitrogen and oxygen atoms in total. The van der Waals surface area contributed by atoms with Gasteiger partial charge in [-0.3, -0.25) is 0 Å². The van der Waals surface area contributed by atoms with Gasteiger partial charge in [-0.2, -0.15) is 5.21 Å². The van der Waals surface area contributed by atoms with Crippen LogP contribution in [0.5, 0.6) is 0 Å². The predicted molar refractivity (Wildman–Crippen MR) is 138 cm³/mol. The van der Waals surface area contributed by atoms with Gasteiger partial charge in [0.05, 0.1) is 11.0 Å². The zero-order valence-electron chi connectivity index (χ0n) is 19.0. The average molecular weight is 458 g/mol. The molecule has 3 aromatic heterocycles. The minimum Gasteiger partial charge on any atom is -0.343 e. The fourth-order valence-corrected chi connectivity index (χ4v) is 4.44. The number of para-hydroxylation sites is 2. The van der Waals surface area contributed by atoms with E-state index < -0.39 is 0 Å². The summed E-state index contributed by atoms with van der Waals surface area (Å²) in [6.07, 6.45) is 9.66. The Hall–Kier alpha value is -4.65. The summed E-state index contributed by atoms with van der Waals surface area (Å²) in [4.78, 5) is 9.10. The molecule has 0 saturated heterocycles. The number of aromatic amines is 1. The Bertz CT molecular complexity index is 1630. The summed E-state index contributed by atoms with van der Waals surface area (Å²) in [6, 6.07) is 25.2. The van der Waals surface area contributed by atoms with Crippen LogP contribution in [-0.2, 0) is 19.4 Å². The van der Waals surface area contributed by atoms with Gasteiger partial charge >= 0.3 is 0 Å². The van der Waals surface area contributed by atoms with Gasteiger partial charge in [-0.1, -0.05) is 65.9 Å². The Labute approximate surface area is 202 Å². The molecule has 3 aromatic carbocycles. The van der Waals surface area contributed by atoms with Crippen LogP contribution in [0.4, 0.5) is 0 Å². The summed E-state index contributed by atoms with van der Waals surface area (Å²) in [5, 5.41) is 16.6. The molecule has 0 unspecified atom stereocenters. The molecule has 0 atom stereocenters. The molecule has 170 valence electrons. The number of fused-ring (bicyclic) bond motifs is 2. The van der Waals surface area contributed by atoms with Gasteiger partial charge in [0, 0.05) is 30.7 Å². The maximum Gasteiger partial charge on any atom is 0.174 e. The third-order valence-corrected chi connectivity index (χ3v) is 6.12. The molecule has 0 aliphatic heterocycles. The van der Waals surface area contributed by atoms with Gasteiger partial charge in [-0.15, -0.1) is 10.2 Å². The molecule has 0 saturated carbocycles. The minimum atomic E-state index is 0.705. The fraction of sp³-hybridized carbons (Fsp3) is 0.107. The normalized spacial score (nSPS) is 11.7. The second kappa shape index (κ2) is 9.30. The summed E-state index contributed by atoms with van der Waals surface area (Å²) < 4.78 is 2.32. The number of aromatic nitrogens is 7. The number of hydrogen-bond acceptors (Lipinski definition) is 5. The van der Waals surface area contributed by atoms with E-state index in [0.717, 1.165) is 41.7 Å². The van der Waals surface area contributed by atoms with E-state index in [2.05, 4.69) is 96.0 Å². The first-order valence-corrected chi connectivity index (χ1v) is 11.6. The zero-order chi connectivity index (χ0) is 23.5. The van der Waals surface area contributed by atoms with Gasteiger partial charge in [-0.05, 0) is 52.8 Å². The number of H-pyrrole nitrogens is 1. The molecule has 0 spiro atoms. The highest BCUT2D eigenvalue weighted by Crippen LogP contribution is 2.23. The number of benzene rings is 3. The molecule has 7 heteroatoms. The van der Waals surface area contributed by atoms with E-state index in [1.165, 1.54) is 22.0 Å². The van der Waals surface area contributed by atoms with Crippen LogP contribution in [0, 0.1) is 0 Å². The number of nitrogens with zero attached hydrogens (tertiary/aromatic N) is 6. The van der Waals surface area contributed by atoms with Crippen LogP contribution < -0.4 is 0 Å². The number of nitrogens with one attached hydrogen (secondary N) is 1. The van der Waals surface area contributed by atoms with Crippen molar-refractivity contribution in [1.29, 1.82) is 0 Å². The number of tetrazole rings is 1. The van der Waals surface area contributed by atoms with Crippen LogP contribution in [0.1, 0.15) is 28.3 Å². The minimum absolute atomic E-state index is 0.705. The maximum absolute atomic E-state index is 4.64. The van der Waals surface area contributed by atoms with Gasteiger partial charge in [0.1, 0.15) is 0 Å². The highest BCUT2D eigenvalue weighted by atomic mass is 15.5. The maximum atomic E-state index is 4.64. The van der Waals surface area contributed by atoms with E-state index in [9.17, 15) is 0 Å². The fourth-order valence-electron chi connectivity index (χ4n) is 4.44. The lowest BCUT2D eigenvalue weighted by Crippen LogP contribution is -2.02. The van der Waals surface area contributed by atoms with Crippen LogP contribution in [0.15, 0.2) is 85.2 Å². The summed E-state index contributed by atoms with van der Waals surface area (Å²) in [5.74, 6) is 1.44. The van der Waals surface area contributed by atoms with E-state index in [4.69, 9.17) is 0 Å². The summed E-state index contributed by atoms with van der Waals surface area (Å²) >= 11 is 0. The van der Waals surface area contributed by atoms with Crippen molar-refractivity contribution in [2.24, 2.45) is 0 Å². The Balaban J connectivity index is 1.23. The molecular formula is C28H23N7. The zero-order valence-corrected chi connectivity index (χ0v) is 19.0. The Kier molecular flexibility index (Phi) is 5.56. The Morgan fingerprint density at radius 1 is 0.857 bits per heavy atom. The lowest BCUT2D eigenvalue weighted by molar-refractivity contribution is 0.818. The van der Waals surface area contributed by atoms with Crippen molar-refractivity contribution in [3.8, 4) is 0 Å². The number of rotatable bonds is 7. The molecule has 0 aliphatic rings. The number of hydrogen-bond donors (Lipinski definition) is 1. The SMILES string of the molecule is C(=Cc1ncc2ccccc2n1)c1cccc(Cn2ccc3cccc(CCc4nn[nH]n4)c32)c1. The molecule has 1 N–H and O–H groups in total. The Morgan fingerprint density at radius 3 is 2.71 bits per heavy atom. The van der Waals surface area contributed by atoms with Crippen molar-refractivity contribution in [1.82, 2.24) is 35.2 Å². The van der Waals surface area contributed by atoms with Gasteiger partial charge in [0.2, 0.25) is 0 Å². The third kappa shape index (κ3) is 4.56. The predicted octanol–water partition coefficient (Wildman–Crippen LogP) is 5.10. The molecule has 0 aliphatic carbocycles. The molecular weight excluding hydrogens is 434 g/mol. The quantitative estimate of drug-likeness (QED) is 0.360. The second-order valence-corrected chi connectivity index (χ2v) is 8.49. The lowest BCUT2D eigenvalue weighted by atomic mass is 10.1. The monoisotopic (exact) mass is 457 g/mol. The first-order valence-electron chi connectivity index (χ1n) is 11.6. The van der Waals surface area contributed by atoms with E-state index in [-0.39, 0.29) is 0 Å². The molecule has 6 rings (SSSR count). The summed E-state index contributed by atoms with van der Waals surface area (Å²) in [7, 11) is 0. The van der Waals surface area contributed by atoms with Crippen molar-refractivity contribution in [3.63, 3.8) is 0 Å². The van der Waals surface area contributed by atoms with Crippen LogP contribution in [0.2, 0.25) is 0 Å². The molecule has 0 radical (unpaired) electrons. The molecule has 6 aromatic rings. The van der Waals surface area contributed by atoms with E-state index in [1.54, 1.807) is 0 Å². The first-order chi connectivity index (χ1) is 17.3. The van der Waals surface area contributed by atoms with Crippen LogP contribution in [-0.4, -0.2) is 35.2 Å². The molecule has 0 bridgehead atoms. The van der Waals surface area contributed by atoms with Gasteiger partial charge < -0.3 is 4.57 Å². The number of aryl methyl sites for hydroxylation is 2. The molecule has 0 amide bonds. The van der Waals surface area contributed by atoms with Crippen molar-refractivity contribution >= 4 is 34.0 Å². The van der Waals surface area contributed by atoms with E-state index in [0.29, 0.717) is 5.82 Å². The lowest BCUT2D eigenvalue weighted by Gasteiger charge is -2.10. The highest BCUT2D eigenvalue weighted by molar-refractivity contribution is 5.83. The third-order valence-electron chi connectivity index (χ3n) is 6.12. The highest BCUT2D eigenvalue weighted by Gasteiger charge is 2.09. The van der Waals surface area contributed by atoms with Crippen LogP contribution in [0.25, 0.3) is 34.0 Å². The summed E-state index contributed by atoms with van der Waals surface area (Å²) in [6.45, 7) is 0.789. The molecule has 3 heterocycles. The van der Waals surface area contributed by atoms with Gasteiger partial charge in [0.25, 0.3) is 0 Å². The topological polar surface area (TPSA) is 85.2 Å². The molecule has 0 fully saturated rings. The van der Waals surface area contributed by atoms with Crippen LogP contribution >= 0.6 is 0 Å². The van der Waals surface area contributed by atoms with Gasteiger partial charge in [-0.25, -0.2) is 9.97 Å². The van der Waals surface area contributed by atoms with Crippen molar-refractivity contribution in [3.05, 3.63) is 114 Å². The summed E-state index contributed by atoms with van der Waals surface area (Å²) in [5.41, 5.74) is 5.83. The van der Waals surface area contributed by atoms with E-state index in [1.807, 2.05) is 36.5 Å². The van der Waals surface area contributed by atoms with Crippen molar-refractivity contribution < 1.29 is 0 Å². The smallest absolute Gasteiger partial charge is 0.174 e. The van der Waals surface area contributed by atoms with Crippen LogP contribution in [0.3, 0.4) is 0 Å². The second-order valence-electron chi connectivity index (χ2n) is 8.49. The standard InChI is InChI=1S/C28H23N7/c1-2-10-25-24(7-1)18-29-26(30-25)13-11-20-5-3-6-21(17-20)19-35-16-15-23-9-4-8-22(28(23)35)12-14-27-31-33-34-32-27/h1-11,13,15-18H,12,14,19H2,(H,31,32,33,34). The van der Waals surface area contributed by atoms with Gasteiger partial charge in [0.15, 0.2) is 11.6 Å². The van der Waals surface area contributed by atoms with E-state index >= 15 is 0 Å². The van der Waals surface area contributed by atoms with Crippen molar-refractivity contribution in [2.45, 2.75) is 19.4 Å². The largest absolute Gasteiger partial charge is 0.343 e. The average Bonchev–Trinajstić information content (AvgIpc) is 3.57. The van der Waals surface area contributed by atoms with Crippen molar-refractivity contribution in [2.75, 3.05) is 0 Å². The first kappa shape index (κ1) is 20.9.